The lowest BCUT2D eigenvalue weighted by Gasteiger charge is -2.11. The summed E-state index contributed by atoms with van der Waals surface area (Å²) in [6.07, 6.45) is 7.20. The molecule has 0 amide bonds. The van der Waals surface area contributed by atoms with E-state index in [4.69, 9.17) is 0 Å². The Morgan fingerprint density at radius 2 is 2.04 bits per heavy atom. The van der Waals surface area contributed by atoms with E-state index in [1.165, 1.54) is 25.7 Å². The summed E-state index contributed by atoms with van der Waals surface area (Å²) in [6.45, 7) is 5.95. The second-order valence-corrected chi connectivity index (χ2v) is 6.50. The number of rotatable bonds is 6. The van der Waals surface area contributed by atoms with Crippen molar-refractivity contribution in [2.24, 2.45) is 12.0 Å². The van der Waals surface area contributed by atoms with Crippen LogP contribution in [0.3, 0.4) is 0 Å². The van der Waals surface area contributed by atoms with Crippen LogP contribution in [0.5, 0.6) is 0 Å². The van der Waals surface area contributed by atoms with Gasteiger partial charge in [-0.05, 0) is 32.8 Å². The highest BCUT2D eigenvalue weighted by Crippen LogP contribution is 2.28. The number of halogens is 1. The zero-order valence-electron chi connectivity index (χ0n) is 15.8. The first-order chi connectivity index (χ1) is 12.2. The third-order valence-corrected chi connectivity index (χ3v) is 4.70. The number of guanidine groups is 1. The molecule has 3 rings (SSSR count). The summed E-state index contributed by atoms with van der Waals surface area (Å²) in [5, 5.41) is 19.5. The van der Waals surface area contributed by atoms with Gasteiger partial charge < -0.3 is 15.2 Å². The van der Waals surface area contributed by atoms with Crippen LogP contribution in [0.1, 0.15) is 56.0 Å². The molecule has 8 nitrogen and oxygen atoms in total. The summed E-state index contributed by atoms with van der Waals surface area (Å²) in [6, 6.07) is 2.64. The topological polar surface area (TPSA) is 84.9 Å². The number of hydrogen-bond donors (Lipinski definition) is 2. The summed E-state index contributed by atoms with van der Waals surface area (Å²) >= 11 is 0. The molecule has 0 aliphatic heterocycles. The number of hydrogen-bond acceptors (Lipinski definition) is 4. The van der Waals surface area contributed by atoms with Crippen LogP contribution >= 0.6 is 24.0 Å². The molecule has 0 spiro atoms. The molecule has 144 valence electrons. The standard InChI is InChI=1S/C17H28N8.HI/c1-4-18-17(20-12-16-22-21-13(2)24(16)3)19-11-14-9-10-25(23-14)15-7-5-6-8-15;/h9-10,15H,4-8,11-12H2,1-3H3,(H2,18,19,20);1H. The van der Waals surface area contributed by atoms with E-state index in [0.29, 0.717) is 19.1 Å². The van der Waals surface area contributed by atoms with Gasteiger partial charge in [-0.15, -0.1) is 34.2 Å². The quantitative estimate of drug-likeness (QED) is 0.383. The van der Waals surface area contributed by atoms with Crippen molar-refractivity contribution in [3.8, 4) is 0 Å². The predicted octanol–water partition coefficient (Wildman–Crippen LogP) is 2.31. The molecule has 2 heterocycles. The molecule has 0 unspecified atom stereocenters. The lowest BCUT2D eigenvalue weighted by molar-refractivity contribution is 0.463. The maximum Gasteiger partial charge on any atom is 0.192 e. The predicted molar refractivity (Wildman–Crippen MR) is 113 cm³/mol. The lowest BCUT2D eigenvalue weighted by Crippen LogP contribution is -2.37. The Labute approximate surface area is 171 Å². The van der Waals surface area contributed by atoms with Gasteiger partial charge >= 0.3 is 0 Å². The van der Waals surface area contributed by atoms with Gasteiger partial charge in [0.1, 0.15) is 5.82 Å². The fraction of sp³-hybridized carbons (Fsp3) is 0.647. The Morgan fingerprint density at radius 1 is 1.27 bits per heavy atom. The first kappa shape index (κ1) is 20.7. The molecule has 2 N–H and O–H groups in total. The molecule has 0 radical (unpaired) electrons. The number of aromatic nitrogens is 5. The zero-order valence-corrected chi connectivity index (χ0v) is 18.1. The summed E-state index contributed by atoms with van der Waals surface area (Å²) in [7, 11) is 1.96. The van der Waals surface area contributed by atoms with Gasteiger partial charge in [0.05, 0.1) is 24.8 Å². The largest absolute Gasteiger partial charge is 0.357 e. The van der Waals surface area contributed by atoms with Gasteiger partial charge in [-0.3, -0.25) is 4.68 Å². The second kappa shape index (κ2) is 9.89. The van der Waals surface area contributed by atoms with Crippen LogP contribution in [-0.4, -0.2) is 37.0 Å². The molecule has 2 aromatic heterocycles. The van der Waals surface area contributed by atoms with E-state index >= 15 is 0 Å². The minimum absolute atomic E-state index is 0. The minimum atomic E-state index is 0. The van der Waals surface area contributed by atoms with Crippen LogP contribution in [0.15, 0.2) is 17.3 Å². The Hall–Kier alpha value is -1.65. The smallest absolute Gasteiger partial charge is 0.192 e. The van der Waals surface area contributed by atoms with Gasteiger partial charge in [-0.2, -0.15) is 5.10 Å². The molecule has 9 heteroatoms. The molecule has 26 heavy (non-hydrogen) atoms. The highest BCUT2D eigenvalue weighted by atomic mass is 127. The molecule has 1 aliphatic carbocycles. The normalized spacial score (nSPS) is 15.1. The number of aryl methyl sites for hydroxylation is 1. The summed E-state index contributed by atoms with van der Waals surface area (Å²) in [4.78, 5) is 4.64. The number of aliphatic imine (C=N–C) groups is 1. The van der Waals surface area contributed by atoms with Gasteiger partial charge in [-0.25, -0.2) is 4.99 Å². The van der Waals surface area contributed by atoms with Crippen molar-refractivity contribution in [3.05, 3.63) is 29.6 Å². The fourth-order valence-electron chi connectivity index (χ4n) is 3.10. The van der Waals surface area contributed by atoms with Gasteiger partial charge in [0.2, 0.25) is 0 Å². The van der Waals surface area contributed by atoms with Gasteiger partial charge in [-0.1, -0.05) is 12.8 Å². The fourth-order valence-corrected chi connectivity index (χ4v) is 3.10. The van der Waals surface area contributed by atoms with Crippen molar-refractivity contribution in [1.82, 2.24) is 35.2 Å². The molecule has 0 aromatic carbocycles. The Balaban J connectivity index is 0.00000243. The highest BCUT2D eigenvalue weighted by molar-refractivity contribution is 14.0. The molecule has 0 saturated heterocycles. The summed E-state index contributed by atoms with van der Waals surface area (Å²) in [5.74, 6) is 2.54. The molecular formula is C17H29IN8. The van der Waals surface area contributed by atoms with Crippen LogP contribution in [-0.2, 0) is 20.1 Å². The molecular weight excluding hydrogens is 443 g/mol. The third-order valence-electron chi connectivity index (χ3n) is 4.70. The van der Waals surface area contributed by atoms with Crippen molar-refractivity contribution in [3.63, 3.8) is 0 Å². The Morgan fingerprint density at radius 3 is 2.69 bits per heavy atom. The Bertz CT molecular complexity index is 714. The average molecular weight is 472 g/mol. The van der Waals surface area contributed by atoms with E-state index in [1.54, 1.807) is 0 Å². The molecule has 2 aromatic rings. The van der Waals surface area contributed by atoms with E-state index in [9.17, 15) is 0 Å². The number of nitrogens with zero attached hydrogens (tertiary/aromatic N) is 6. The van der Waals surface area contributed by atoms with E-state index in [1.807, 2.05) is 18.5 Å². The van der Waals surface area contributed by atoms with Crippen molar-refractivity contribution in [2.45, 2.75) is 58.7 Å². The van der Waals surface area contributed by atoms with Gasteiger partial charge in [0, 0.05) is 19.8 Å². The monoisotopic (exact) mass is 472 g/mol. The van der Waals surface area contributed by atoms with Crippen LogP contribution in [0.2, 0.25) is 0 Å². The van der Waals surface area contributed by atoms with Crippen molar-refractivity contribution in [1.29, 1.82) is 0 Å². The molecule has 0 atom stereocenters. The lowest BCUT2D eigenvalue weighted by atomic mass is 10.3. The second-order valence-electron chi connectivity index (χ2n) is 6.50. The summed E-state index contributed by atoms with van der Waals surface area (Å²) in [5.41, 5.74) is 0.999. The van der Waals surface area contributed by atoms with Crippen molar-refractivity contribution >= 4 is 29.9 Å². The molecule has 1 aliphatic rings. The Kier molecular flexibility index (Phi) is 7.85. The van der Waals surface area contributed by atoms with Gasteiger partial charge in [0.15, 0.2) is 11.8 Å². The minimum Gasteiger partial charge on any atom is -0.357 e. The zero-order chi connectivity index (χ0) is 17.6. The average Bonchev–Trinajstić information content (AvgIpc) is 3.34. The molecule has 1 fully saturated rings. The van der Waals surface area contributed by atoms with Gasteiger partial charge in [0.25, 0.3) is 0 Å². The third kappa shape index (κ3) is 5.18. The van der Waals surface area contributed by atoms with Crippen LogP contribution in [0.25, 0.3) is 0 Å². The highest BCUT2D eigenvalue weighted by Gasteiger charge is 2.17. The van der Waals surface area contributed by atoms with Crippen LogP contribution < -0.4 is 10.6 Å². The van der Waals surface area contributed by atoms with Crippen molar-refractivity contribution in [2.75, 3.05) is 6.54 Å². The van der Waals surface area contributed by atoms with Crippen LogP contribution in [0, 0.1) is 6.92 Å². The first-order valence-corrected chi connectivity index (χ1v) is 9.08. The first-order valence-electron chi connectivity index (χ1n) is 9.08. The van der Waals surface area contributed by atoms with E-state index in [-0.39, 0.29) is 24.0 Å². The van der Waals surface area contributed by atoms with E-state index < -0.39 is 0 Å². The molecule has 0 bridgehead atoms. The van der Waals surface area contributed by atoms with Crippen molar-refractivity contribution < 1.29 is 0 Å². The maximum atomic E-state index is 4.69. The molecule has 1 saturated carbocycles. The van der Waals surface area contributed by atoms with E-state index in [0.717, 1.165) is 29.8 Å². The van der Waals surface area contributed by atoms with E-state index in [2.05, 4.69) is 54.8 Å². The maximum absolute atomic E-state index is 4.69. The van der Waals surface area contributed by atoms with Crippen LogP contribution in [0.4, 0.5) is 0 Å². The SMILES string of the molecule is CCNC(=NCc1ccn(C2CCCC2)n1)NCc1nnc(C)n1C.I. The number of nitrogens with one attached hydrogen (secondary N) is 2. The summed E-state index contributed by atoms with van der Waals surface area (Å²) < 4.78 is 4.08.